The molecule has 0 fully saturated rings. The van der Waals surface area contributed by atoms with Crippen LogP contribution in [0.25, 0.3) is 0 Å². The smallest absolute Gasteiger partial charge is 0.180 e. The Hall–Kier alpha value is -1.63. The van der Waals surface area contributed by atoms with Gasteiger partial charge in [-0.1, -0.05) is 0 Å². The van der Waals surface area contributed by atoms with Gasteiger partial charge in [0.05, 0.1) is 5.69 Å². The predicted octanol–water partition coefficient (Wildman–Crippen LogP) is 3.36. The van der Waals surface area contributed by atoms with Gasteiger partial charge >= 0.3 is 0 Å². The van der Waals surface area contributed by atoms with Gasteiger partial charge in [0.15, 0.2) is 28.4 Å². The van der Waals surface area contributed by atoms with Crippen LogP contribution in [0.1, 0.15) is 28.5 Å². The fourth-order valence-electron chi connectivity index (χ4n) is 2.42. The van der Waals surface area contributed by atoms with Gasteiger partial charge < -0.3 is 5.73 Å². The predicted molar refractivity (Wildman–Crippen MR) is 63.0 cm³/mol. The molecule has 1 aliphatic rings. The third-order valence-electron chi connectivity index (χ3n) is 3.22. The van der Waals surface area contributed by atoms with Crippen LogP contribution in [0.2, 0.25) is 0 Å². The summed E-state index contributed by atoms with van der Waals surface area (Å²) >= 11 is 1.10. The van der Waals surface area contributed by atoms with E-state index < -0.39 is 34.8 Å². The Bertz CT molecular complexity index is 642. The van der Waals surface area contributed by atoms with Gasteiger partial charge in [-0.15, -0.1) is 11.3 Å². The fourth-order valence-corrected chi connectivity index (χ4v) is 3.44. The topological polar surface area (TPSA) is 38.9 Å². The molecule has 2 nitrogen and oxygen atoms in total. The van der Waals surface area contributed by atoms with Crippen LogP contribution in [0.5, 0.6) is 0 Å². The first-order chi connectivity index (χ1) is 8.99. The van der Waals surface area contributed by atoms with Crippen LogP contribution < -0.4 is 5.73 Å². The summed E-state index contributed by atoms with van der Waals surface area (Å²) in [7, 11) is 0. The lowest BCUT2D eigenvalue weighted by Crippen LogP contribution is -2.07. The zero-order chi connectivity index (χ0) is 13.7. The second kappa shape index (κ2) is 4.19. The van der Waals surface area contributed by atoms with Crippen LogP contribution in [0.15, 0.2) is 6.07 Å². The van der Waals surface area contributed by atoms with E-state index in [9.17, 15) is 17.6 Å². The number of hydrogen-bond donors (Lipinski definition) is 1. The minimum absolute atomic E-state index is 0.213. The second-order valence-corrected chi connectivity index (χ2v) is 5.40. The minimum Gasteiger partial charge on any atom is -0.375 e. The summed E-state index contributed by atoms with van der Waals surface area (Å²) in [5, 5.41) is 0.285. The maximum atomic E-state index is 13.8. The Morgan fingerprint density at radius 3 is 2.42 bits per heavy atom. The van der Waals surface area contributed by atoms with Crippen LogP contribution in [-0.2, 0) is 6.42 Å². The molecular weight excluding hydrogens is 280 g/mol. The molecule has 1 aromatic heterocycles. The number of nitrogens with zero attached hydrogens (tertiary/aromatic N) is 1. The number of nitrogen functional groups attached to an aromatic ring is 1. The standard InChI is InChI=1S/C12H8F4N2S/c13-5-3-6(14)10(16)8(9(5)15)4-1-2-7-11(4)19-12(17)18-7/h3-4H,1-2H2,(H2,17,18). The molecule has 1 aromatic carbocycles. The summed E-state index contributed by atoms with van der Waals surface area (Å²) in [5.41, 5.74) is 5.62. The van der Waals surface area contributed by atoms with E-state index in [4.69, 9.17) is 5.73 Å². The molecule has 0 saturated carbocycles. The highest BCUT2D eigenvalue weighted by Crippen LogP contribution is 2.44. The number of thiazole rings is 1. The van der Waals surface area contributed by atoms with Gasteiger partial charge in [-0.2, -0.15) is 0 Å². The maximum absolute atomic E-state index is 13.8. The summed E-state index contributed by atoms with van der Waals surface area (Å²) in [6.07, 6.45) is 0.857. The molecule has 19 heavy (non-hydrogen) atoms. The number of aromatic nitrogens is 1. The normalized spacial score (nSPS) is 17.8. The Kier molecular flexibility index (Phi) is 2.74. The van der Waals surface area contributed by atoms with Crippen LogP contribution in [-0.4, -0.2) is 4.98 Å². The molecule has 0 saturated heterocycles. The van der Waals surface area contributed by atoms with Crippen molar-refractivity contribution in [2.24, 2.45) is 0 Å². The molecule has 7 heteroatoms. The van der Waals surface area contributed by atoms with Crippen molar-refractivity contribution in [1.29, 1.82) is 0 Å². The molecule has 0 amide bonds. The van der Waals surface area contributed by atoms with Crippen molar-refractivity contribution in [3.8, 4) is 0 Å². The lowest BCUT2D eigenvalue weighted by atomic mass is 9.96. The highest BCUT2D eigenvalue weighted by molar-refractivity contribution is 7.15. The van der Waals surface area contributed by atoms with Crippen LogP contribution in [0.3, 0.4) is 0 Å². The minimum atomic E-state index is -1.39. The van der Waals surface area contributed by atoms with E-state index in [1.807, 2.05) is 0 Å². The van der Waals surface area contributed by atoms with Crippen molar-refractivity contribution in [3.05, 3.63) is 45.5 Å². The number of halogens is 4. The quantitative estimate of drug-likeness (QED) is 0.645. The summed E-state index contributed by atoms with van der Waals surface area (Å²) in [4.78, 5) is 4.62. The fraction of sp³-hybridized carbons (Fsp3) is 0.250. The molecule has 1 unspecified atom stereocenters. The van der Waals surface area contributed by atoms with Crippen molar-refractivity contribution in [2.75, 3.05) is 5.73 Å². The zero-order valence-corrected chi connectivity index (χ0v) is 10.3. The Morgan fingerprint density at radius 2 is 1.79 bits per heavy atom. The van der Waals surface area contributed by atoms with E-state index in [0.29, 0.717) is 23.4 Å². The van der Waals surface area contributed by atoms with Gasteiger partial charge in [0.1, 0.15) is 0 Å². The molecule has 1 aliphatic carbocycles. The van der Waals surface area contributed by atoms with Gasteiger partial charge in [-0.25, -0.2) is 22.5 Å². The first-order valence-corrected chi connectivity index (χ1v) is 6.38. The third kappa shape index (κ3) is 1.80. The largest absolute Gasteiger partial charge is 0.375 e. The van der Waals surface area contributed by atoms with Gasteiger partial charge in [0, 0.05) is 22.4 Å². The molecule has 0 radical (unpaired) electrons. The van der Waals surface area contributed by atoms with E-state index in [2.05, 4.69) is 4.98 Å². The first-order valence-electron chi connectivity index (χ1n) is 5.57. The van der Waals surface area contributed by atoms with Crippen LogP contribution in [0, 0.1) is 23.3 Å². The van der Waals surface area contributed by atoms with Crippen molar-refractivity contribution in [3.63, 3.8) is 0 Å². The molecule has 3 rings (SSSR count). The lowest BCUT2D eigenvalue weighted by molar-refractivity contribution is 0.432. The molecule has 0 aliphatic heterocycles. The Morgan fingerprint density at radius 1 is 1.16 bits per heavy atom. The molecule has 0 spiro atoms. The van der Waals surface area contributed by atoms with Crippen molar-refractivity contribution in [2.45, 2.75) is 18.8 Å². The van der Waals surface area contributed by atoms with E-state index >= 15 is 0 Å². The van der Waals surface area contributed by atoms with E-state index in [-0.39, 0.29) is 11.2 Å². The average Bonchev–Trinajstić information content (AvgIpc) is 2.87. The maximum Gasteiger partial charge on any atom is 0.180 e. The summed E-state index contributed by atoms with van der Waals surface area (Å²) in [5.74, 6) is -6.19. The molecule has 2 N–H and O–H groups in total. The molecular formula is C12H8F4N2S. The molecule has 2 aromatic rings. The molecule has 1 heterocycles. The van der Waals surface area contributed by atoms with E-state index in [1.165, 1.54) is 0 Å². The van der Waals surface area contributed by atoms with Gasteiger partial charge in [0.25, 0.3) is 0 Å². The van der Waals surface area contributed by atoms with Gasteiger partial charge in [-0.05, 0) is 12.8 Å². The summed E-state index contributed by atoms with van der Waals surface area (Å²) in [6, 6.07) is 0.213. The number of fused-ring (bicyclic) bond motifs is 1. The number of aryl methyl sites for hydroxylation is 1. The summed E-state index contributed by atoms with van der Waals surface area (Å²) in [6.45, 7) is 0. The van der Waals surface area contributed by atoms with E-state index in [1.54, 1.807) is 0 Å². The number of nitrogens with two attached hydrogens (primary N) is 1. The van der Waals surface area contributed by atoms with Crippen LogP contribution in [0.4, 0.5) is 22.7 Å². The SMILES string of the molecule is Nc1nc2c(s1)C(c1c(F)c(F)cc(F)c1F)CC2. The monoisotopic (exact) mass is 288 g/mol. The van der Waals surface area contributed by atoms with Gasteiger partial charge in [-0.3, -0.25) is 0 Å². The van der Waals surface area contributed by atoms with Crippen LogP contribution >= 0.6 is 11.3 Å². The molecule has 1 atom stereocenters. The average molecular weight is 288 g/mol. The Balaban J connectivity index is 2.19. The van der Waals surface area contributed by atoms with Crippen molar-refractivity contribution in [1.82, 2.24) is 4.98 Å². The lowest BCUT2D eigenvalue weighted by Gasteiger charge is -2.13. The summed E-state index contributed by atoms with van der Waals surface area (Å²) < 4.78 is 54.0. The van der Waals surface area contributed by atoms with Crippen molar-refractivity contribution >= 4 is 16.5 Å². The van der Waals surface area contributed by atoms with E-state index in [0.717, 1.165) is 11.3 Å². The van der Waals surface area contributed by atoms with Gasteiger partial charge in [0.2, 0.25) is 0 Å². The highest BCUT2D eigenvalue weighted by atomic mass is 32.1. The zero-order valence-electron chi connectivity index (χ0n) is 9.51. The number of benzene rings is 1. The molecule has 100 valence electrons. The first kappa shape index (κ1) is 12.4. The highest BCUT2D eigenvalue weighted by Gasteiger charge is 2.34. The Labute approximate surface area is 109 Å². The number of hydrogen-bond acceptors (Lipinski definition) is 3. The third-order valence-corrected chi connectivity index (χ3v) is 4.27. The number of anilines is 1. The number of rotatable bonds is 1. The molecule has 0 bridgehead atoms. The van der Waals surface area contributed by atoms with Crippen molar-refractivity contribution < 1.29 is 17.6 Å². The second-order valence-electron chi connectivity index (χ2n) is 4.34.